The van der Waals surface area contributed by atoms with E-state index in [0.29, 0.717) is 0 Å². The second kappa shape index (κ2) is 4.63. The van der Waals surface area contributed by atoms with Gasteiger partial charge in [-0.05, 0) is 30.9 Å². The molecule has 0 N–H and O–H groups in total. The van der Waals surface area contributed by atoms with E-state index in [1.807, 2.05) is 50.2 Å². The molecule has 0 fully saturated rings. The molecule has 0 atom stereocenters. The predicted molar refractivity (Wildman–Crippen MR) is 71.6 cm³/mol. The molecule has 0 radical (unpaired) electrons. The number of fused-ring (bicyclic) bond motifs is 1. The van der Waals surface area contributed by atoms with E-state index in [0.717, 1.165) is 22.1 Å². The summed E-state index contributed by atoms with van der Waals surface area (Å²) in [5, 5.41) is 2.06. The number of aliphatic imine (C=N–C) groups is 1. The lowest BCUT2D eigenvalue weighted by Gasteiger charge is -2.21. The highest BCUT2D eigenvalue weighted by Crippen LogP contribution is 2.35. The van der Waals surface area contributed by atoms with E-state index in [1.165, 1.54) is 0 Å². The van der Waals surface area contributed by atoms with Gasteiger partial charge < -0.3 is 4.74 Å². The van der Waals surface area contributed by atoms with Gasteiger partial charge in [-0.2, -0.15) is 4.99 Å². The first-order valence-corrected chi connectivity index (χ1v) is 5.75. The van der Waals surface area contributed by atoms with Gasteiger partial charge in [-0.3, -0.25) is 0 Å². The van der Waals surface area contributed by atoms with Gasteiger partial charge in [0.1, 0.15) is 5.75 Å². The van der Waals surface area contributed by atoms with Crippen molar-refractivity contribution in [2.75, 3.05) is 7.11 Å². The molecule has 2 rings (SSSR count). The molecule has 3 nitrogen and oxygen atoms in total. The minimum atomic E-state index is -0.590. The number of carbonyl (C=O) groups excluding carboxylic acids is 1. The Morgan fingerprint density at radius 3 is 2.39 bits per heavy atom. The standard InChI is InChI=1S/C15H15NO2/c1-15(2,16-10-17)13-8-9-14(18-3)12-7-5-4-6-11(12)13/h4-9H,1-3H3. The average molecular weight is 241 g/mol. The largest absolute Gasteiger partial charge is 0.496 e. The van der Waals surface area contributed by atoms with Crippen LogP contribution in [0.2, 0.25) is 0 Å². The maximum Gasteiger partial charge on any atom is 0.235 e. The van der Waals surface area contributed by atoms with Crippen molar-refractivity contribution in [1.29, 1.82) is 0 Å². The molecule has 0 aliphatic heterocycles. The molecule has 3 heteroatoms. The summed E-state index contributed by atoms with van der Waals surface area (Å²) < 4.78 is 5.35. The van der Waals surface area contributed by atoms with Crippen LogP contribution in [0, 0.1) is 0 Å². The Bertz CT molecular complexity index is 625. The van der Waals surface area contributed by atoms with Crippen molar-refractivity contribution in [1.82, 2.24) is 0 Å². The number of benzene rings is 2. The first-order valence-electron chi connectivity index (χ1n) is 5.75. The Balaban J connectivity index is 2.78. The van der Waals surface area contributed by atoms with E-state index in [1.54, 1.807) is 13.2 Å². The Kier molecular flexibility index (Phi) is 3.17. The van der Waals surface area contributed by atoms with Crippen LogP contribution in [0.4, 0.5) is 0 Å². The topological polar surface area (TPSA) is 38.7 Å². The minimum absolute atomic E-state index is 0.590. The van der Waals surface area contributed by atoms with Gasteiger partial charge in [0.25, 0.3) is 0 Å². The average Bonchev–Trinajstić information content (AvgIpc) is 2.37. The zero-order valence-electron chi connectivity index (χ0n) is 10.7. The van der Waals surface area contributed by atoms with Crippen LogP contribution >= 0.6 is 0 Å². The normalized spacial score (nSPS) is 11.1. The fourth-order valence-electron chi connectivity index (χ4n) is 2.16. The van der Waals surface area contributed by atoms with Crippen LogP contribution in [0.15, 0.2) is 41.4 Å². The zero-order chi connectivity index (χ0) is 13.2. The van der Waals surface area contributed by atoms with Gasteiger partial charge >= 0.3 is 0 Å². The summed E-state index contributed by atoms with van der Waals surface area (Å²) >= 11 is 0. The van der Waals surface area contributed by atoms with Gasteiger partial charge in [0, 0.05) is 5.39 Å². The lowest BCUT2D eigenvalue weighted by molar-refractivity contribution is 0.419. The van der Waals surface area contributed by atoms with E-state index in [9.17, 15) is 4.79 Å². The molecule has 0 bridgehead atoms. The van der Waals surface area contributed by atoms with Crippen molar-refractivity contribution >= 4 is 16.9 Å². The Morgan fingerprint density at radius 2 is 1.78 bits per heavy atom. The first kappa shape index (κ1) is 12.3. The third-order valence-corrected chi connectivity index (χ3v) is 3.09. The van der Waals surface area contributed by atoms with Crippen molar-refractivity contribution in [2.45, 2.75) is 19.4 Å². The van der Waals surface area contributed by atoms with Crippen molar-refractivity contribution in [3.8, 4) is 5.75 Å². The van der Waals surface area contributed by atoms with Crippen LogP contribution < -0.4 is 4.74 Å². The molecule has 18 heavy (non-hydrogen) atoms. The van der Waals surface area contributed by atoms with Crippen LogP contribution in [-0.2, 0) is 10.3 Å². The molecular weight excluding hydrogens is 226 g/mol. The van der Waals surface area contributed by atoms with Crippen LogP contribution in [-0.4, -0.2) is 13.2 Å². The molecule has 0 aromatic heterocycles. The number of nitrogens with zero attached hydrogens (tertiary/aromatic N) is 1. The lowest BCUT2D eigenvalue weighted by Crippen LogP contribution is -2.14. The molecule has 0 saturated heterocycles. The quantitative estimate of drug-likeness (QED) is 0.610. The molecule has 0 amide bonds. The smallest absolute Gasteiger partial charge is 0.235 e. The molecule has 0 aliphatic rings. The number of ether oxygens (including phenoxy) is 1. The minimum Gasteiger partial charge on any atom is -0.496 e. The highest BCUT2D eigenvalue weighted by molar-refractivity contribution is 5.91. The number of isocyanates is 1. The van der Waals surface area contributed by atoms with Gasteiger partial charge in [-0.25, -0.2) is 4.79 Å². The second-order valence-electron chi connectivity index (χ2n) is 4.62. The molecule has 0 heterocycles. The molecule has 92 valence electrons. The second-order valence-corrected chi connectivity index (χ2v) is 4.62. The van der Waals surface area contributed by atoms with Crippen LogP contribution in [0.3, 0.4) is 0 Å². The summed E-state index contributed by atoms with van der Waals surface area (Å²) in [4.78, 5) is 14.4. The summed E-state index contributed by atoms with van der Waals surface area (Å²) in [5.74, 6) is 0.820. The van der Waals surface area contributed by atoms with Crippen LogP contribution in [0.1, 0.15) is 19.4 Å². The molecule has 0 saturated carbocycles. The predicted octanol–water partition coefficient (Wildman–Crippen LogP) is 3.42. The summed E-state index contributed by atoms with van der Waals surface area (Å²) in [6.45, 7) is 3.79. The monoisotopic (exact) mass is 241 g/mol. The van der Waals surface area contributed by atoms with Gasteiger partial charge in [0.05, 0.1) is 12.6 Å². The Hall–Kier alpha value is -2.12. The zero-order valence-corrected chi connectivity index (χ0v) is 10.7. The summed E-state index contributed by atoms with van der Waals surface area (Å²) in [6, 6.07) is 11.8. The van der Waals surface area contributed by atoms with E-state index >= 15 is 0 Å². The van der Waals surface area contributed by atoms with Gasteiger partial charge in [-0.1, -0.05) is 30.3 Å². The fourth-order valence-corrected chi connectivity index (χ4v) is 2.16. The molecular formula is C15H15NO2. The van der Waals surface area contributed by atoms with Crippen molar-refractivity contribution < 1.29 is 9.53 Å². The first-order chi connectivity index (χ1) is 8.60. The van der Waals surface area contributed by atoms with Crippen LogP contribution in [0.5, 0.6) is 5.75 Å². The van der Waals surface area contributed by atoms with E-state index in [4.69, 9.17) is 4.74 Å². The fraction of sp³-hybridized carbons (Fsp3) is 0.267. The SMILES string of the molecule is COc1ccc(C(C)(C)N=C=O)c2ccccc12. The molecule has 2 aromatic rings. The molecule has 0 unspecified atom stereocenters. The summed E-state index contributed by atoms with van der Waals surface area (Å²) in [5.41, 5.74) is 0.399. The summed E-state index contributed by atoms with van der Waals surface area (Å²) in [7, 11) is 1.65. The van der Waals surface area contributed by atoms with Crippen molar-refractivity contribution in [2.24, 2.45) is 4.99 Å². The highest BCUT2D eigenvalue weighted by atomic mass is 16.5. The van der Waals surface area contributed by atoms with Gasteiger partial charge in [-0.15, -0.1) is 0 Å². The van der Waals surface area contributed by atoms with E-state index in [-0.39, 0.29) is 0 Å². The van der Waals surface area contributed by atoms with Gasteiger partial charge in [0.15, 0.2) is 0 Å². The third kappa shape index (κ3) is 2.01. The lowest BCUT2D eigenvalue weighted by atomic mass is 9.90. The third-order valence-electron chi connectivity index (χ3n) is 3.09. The molecule has 0 spiro atoms. The molecule has 2 aromatic carbocycles. The number of methoxy groups -OCH3 is 1. The van der Waals surface area contributed by atoms with Crippen LogP contribution in [0.25, 0.3) is 10.8 Å². The maximum absolute atomic E-state index is 10.5. The number of hydrogen-bond donors (Lipinski definition) is 0. The maximum atomic E-state index is 10.5. The number of hydrogen-bond acceptors (Lipinski definition) is 3. The highest BCUT2D eigenvalue weighted by Gasteiger charge is 2.22. The van der Waals surface area contributed by atoms with Gasteiger partial charge in [0.2, 0.25) is 6.08 Å². The van der Waals surface area contributed by atoms with Crippen molar-refractivity contribution in [3.63, 3.8) is 0 Å². The Labute approximate surface area is 106 Å². The Morgan fingerprint density at radius 1 is 1.11 bits per heavy atom. The van der Waals surface area contributed by atoms with E-state index < -0.39 is 5.54 Å². The molecule has 0 aliphatic carbocycles. The summed E-state index contributed by atoms with van der Waals surface area (Å²) in [6.07, 6.45) is 1.64. The van der Waals surface area contributed by atoms with Crippen molar-refractivity contribution in [3.05, 3.63) is 42.0 Å². The number of rotatable bonds is 3. The van der Waals surface area contributed by atoms with E-state index in [2.05, 4.69) is 4.99 Å².